The first-order valence-corrected chi connectivity index (χ1v) is 8.15. The average Bonchev–Trinajstić information content (AvgIpc) is 2.86. The van der Waals surface area contributed by atoms with Crippen LogP contribution in [0.15, 0.2) is 21.5 Å². The molecule has 2 N–H and O–H groups in total. The molecule has 0 fully saturated rings. The largest absolute Gasteiger partial charge is 0.464 e. The summed E-state index contributed by atoms with van der Waals surface area (Å²) in [4.78, 5) is 4.48. The SMILES string of the molecule is COCCN=C(NCCSC)NC(C)c1ccc(C)o1. The molecule has 1 aromatic heterocycles. The number of thioether (sulfide) groups is 1. The first-order valence-electron chi connectivity index (χ1n) is 6.76. The second kappa shape index (κ2) is 9.72. The van der Waals surface area contributed by atoms with Gasteiger partial charge in [-0.05, 0) is 32.2 Å². The zero-order valence-corrected chi connectivity index (χ0v) is 13.5. The summed E-state index contributed by atoms with van der Waals surface area (Å²) >= 11 is 1.80. The Morgan fingerprint density at radius 2 is 2.30 bits per heavy atom. The summed E-state index contributed by atoms with van der Waals surface area (Å²) in [6.07, 6.45) is 2.09. The number of methoxy groups -OCH3 is 1. The van der Waals surface area contributed by atoms with Gasteiger partial charge in [0.05, 0.1) is 19.2 Å². The molecule has 0 saturated carbocycles. The van der Waals surface area contributed by atoms with Crippen molar-refractivity contribution in [3.05, 3.63) is 23.7 Å². The summed E-state index contributed by atoms with van der Waals surface area (Å²) in [5, 5.41) is 6.65. The lowest BCUT2D eigenvalue weighted by molar-refractivity contribution is 0.208. The fourth-order valence-corrected chi connectivity index (χ4v) is 1.94. The molecule has 5 nitrogen and oxygen atoms in total. The molecule has 0 aliphatic heterocycles. The van der Waals surface area contributed by atoms with Gasteiger partial charge in [-0.2, -0.15) is 11.8 Å². The quantitative estimate of drug-likeness (QED) is 0.438. The van der Waals surface area contributed by atoms with Crippen LogP contribution in [0.4, 0.5) is 0 Å². The highest BCUT2D eigenvalue weighted by Crippen LogP contribution is 2.15. The Hall–Kier alpha value is -1.14. The summed E-state index contributed by atoms with van der Waals surface area (Å²) in [5.41, 5.74) is 0. The van der Waals surface area contributed by atoms with Gasteiger partial charge in [-0.25, -0.2) is 0 Å². The van der Waals surface area contributed by atoms with Gasteiger partial charge in [-0.15, -0.1) is 0 Å². The van der Waals surface area contributed by atoms with E-state index >= 15 is 0 Å². The van der Waals surface area contributed by atoms with Crippen LogP contribution < -0.4 is 10.6 Å². The normalized spacial score (nSPS) is 13.3. The van der Waals surface area contributed by atoms with Crippen LogP contribution in [0.1, 0.15) is 24.5 Å². The van der Waals surface area contributed by atoms with Crippen molar-refractivity contribution in [2.45, 2.75) is 19.9 Å². The third-order valence-electron chi connectivity index (χ3n) is 2.71. The number of nitrogens with zero attached hydrogens (tertiary/aromatic N) is 1. The molecule has 0 aromatic carbocycles. The van der Waals surface area contributed by atoms with Crippen molar-refractivity contribution in [2.24, 2.45) is 4.99 Å². The van der Waals surface area contributed by atoms with Gasteiger partial charge >= 0.3 is 0 Å². The Bertz CT molecular complexity index is 407. The zero-order valence-electron chi connectivity index (χ0n) is 12.7. The number of ether oxygens (including phenoxy) is 1. The van der Waals surface area contributed by atoms with Crippen molar-refractivity contribution in [2.75, 3.05) is 38.8 Å². The molecule has 0 radical (unpaired) electrons. The zero-order chi connectivity index (χ0) is 14.8. The van der Waals surface area contributed by atoms with Crippen molar-refractivity contribution < 1.29 is 9.15 Å². The summed E-state index contributed by atoms with van der Waals surface area (Å²) in [7, 11) is 1.68. The lowest BCUT2D eigenvalue weighted by atomic mass is 10.2. The molecule has 1 heterocycles. The van der Waals surface area contributed by atoms with Gasteiger partial charge in [0.1, 0.15) is 11.5 Å². The van der Waals surface area contributed by atoms with E-state index in [0.29, 0.717) is 13.2 Å². The maximum Gasteiger partial charge on any atom is 0.191 e. The Morgan fingerprint density at radius 1 is 1.50 bits per heavy atom. The molecule has 1 atom stereocenters. The predicted molar refractivity (Wildman–Crippen MR) is 85.6 cm³/mol. The first-order chi connectivity index (χ1) is 9.67. The van der Waals surface area contributed by atoms with E-state index in [-0.39, 0.29) is 6.04 Å². The molecule has 1 aromatic rings. The van der Waals surface area contributed by atoms with Crippen LogP contribution in [0.2, 0.25) is 0 Å². The van der Waals surface area contributed by atoms with Crippen LogP contribution in [0.25, 0.3) is 0 Å². The average molecular weight is 299 g/mol. The van der Waals surface area contributed by atoms with Crippen molar-refractivity contribution in [3.63, 3.8) is 0 Å². The molecule has 6 heteroatoms. The van der Waals surface area contributed by atoms with Crippen molar-refractivity contribution >= 4 is 17.7 Å². The third-order valence-corrected chi connectivity index (χ3v) is 3.32. The fourth-order valence-electron chi connectivity index (χ4n) is 1.64. The van der Waals surface area contributed by atoms with Crippen LogP contribution in [0, 0.1) is 6.92 Å². The van der Waals surface area contributed by atoms with Crippen molar-refractivity contribution in [1.29, 1.82) is 0 Å². The van der Waals surface area contributed by atoms with Crippen molar-refractivity contribution in [3.8, 4) is 0 Å². The molecular formula is C14H25N3O2S. The van der Waals surface area contributed by atoms with Gasteiger partial charge < -0.3 is 19.8 Å². The minimum atomic E-state index is 0.0757. The molecule has 0 amide bonds. The van der Waals surface area contributed by atoms with Gasteiger partial charge in [0, 0.05) is 19.4 Å². The fraction of sp³-hybridized carbons (Fsp3) is 0.643. The Labute approximate surface area is 125 Å². The number of furan rings is 1. The highest BCUT2D eigenvalue weighted by Gasteiger charge is 2.11. The lowest BCUT2D eigenvalue weighted by Crippen LogP contribution is -2.40. The van der Waals surface area contributed by atoms with Crippen LogP contribution in [-0.2, 0) is 4.74 Å². The first kappa shape index (κ1) is 16.9. The third kappa shape index (κ3) is 6.34. The minimum Gasteiger partial charge on any atom is -0.464 e. The van der Waals surface area contributed by atoms with Gasteiger partial charge in [0.25, 0.3) is 0 Å². The summed E-state index contributed by atoms with van der Waals surface area (Å²) in [6.45, 7) is 6.13. The van der Waals surface area contributed by atoms with E-state index in [1.165, 1.54) is 0 Å². The highest BCUT2D eigenvalue weighted by atomic mass is 32.2. The number of aryl methyl sites for hydroxylation is 1. The number of rotatable bonds is 8. The summed E-state index contributed by atoms with van der Waals surface area (Å²) in [6, 6.07) is 4.03. The molecule has 0 saturated heterocycles. The molecule has 1 unspecified atom stereocenters. The van der Waals surface area contributed by atoms with Crippen LogP contribution in [0.3, 0.4) is 0 Å². The Morgan fingerprint density at radius 3 is 2.90 bits per heavy atom. The second-order valence-corrected chi connectivity index (χ2v) is 5.44. The maximum absolute atomic E-state index is 5.62. The summed E-state index contributed by atoms with van der Waals surface area (Å²) in [5.74, 6) is 3.66. The number of nitrogens with one attached hydrogen (secondary N) is 2. The molecule has 114 valence electrons. The standard InChI is InChI=1S/C14H25N3O2S/c1-11-5-6-13(19-11)12(2)17-14(15-7-9-18-3)16-8-10-20-4/h5-6,12H,7-10H2,1-4H3,(H2,15,16,17). The van der Waals surface area contributed by atoms with Gasteiger partial charge in [0.15, 0.2) is 5.96 Å². The van der Waals surface area contributed by atoms with E-state index in [0.717, 1.165) is 29.8 Å². The van der Waals surface area contributed by atoms with E-state index in [4.69, 9.17) is 9.15 Å². The maximum atomic E-state index is 5.62. The van der Waals surface area contributed by atoms with Crippen LogP contribution in [0.5, 0.6) is 0 Å². The minimum absolute atomic E-state index is 0.0757. The van der Waals surface area contributed by atoms with E-state index in [1.54, 1.807) is 18.9 Å². The van der Waals surface area contributed by atoms with Crippen molar-refractivity contribution in [1.82, 2.24) is 10.6 Å². The van der Waals surface area contributed by atoms with Gasteiger partial charge in [0.2, 0.25) is 0 Å². The van der Waals surface area contributed by atoms with E-state index in [1.807, 2.05) is 19.1 Å². The lowest BCUT2D eigenvalue weighted by Gasteiger charge is -2.16. The highest BCUT2D eigenvalue weighted by molar-refractivity contribution is 7.98. The second-order valence-electron chi connectivity index (χ2n) is 4.46. The summed E-state index contributed by atoms with van der Waals surface area (Å²) < 4.78 is 10.6. The number of guanidine groups is 1. The topological polar surface area (TPSA) is 58.8 Å². The molecule has 0 bridgehead atoms. The predicted octanol–water partition coefficient (Wildman–Crippen LogP) is 2.19. The molecular weight excluding hydrogens is 274 g/mol. The van der Waals surface area contributed by atoms with Gasteiger partial charge in [-0.1, -0.05) is 0 Å². The van der Waals surface area contributed by atoms with E-state index < -0.39 is 0 Å². The Balaban J connectivity index is 2.55. The number of hydrogen-bond donors (Lipinski definition) is 2. The number of hydrogen-bond acceptors (Lipinski definition) is 4. The molecule has 0 aliphatic carbocycles. The van der Waals surface area contributed by atoms with E-state index in [9.17, 15) is 0 Å². The molecule has 0 spiro atoms. The van der Waals surface area contributed by atoms with Gasteiger partial charge in [-0.3, -0.25) is 4.99 Å². The molecule has 0 aliphatic rings. The molecule has 1 rings (SSSR count). The van der Waals surface area contributed by atoms with Crippen LogP contribution in [-0.4, -0.2) is 44.8 Å². The monoisotopic (exact) mass is 299 g/mol. The Kier molecular flexibility index (Phi) is 8.22. The smallest absolute Gasteiger partial charge is 0.191 e. The van der Waals surface area contributed by atoms with Crippen LogP contribution >= 0.6 is 11.8 Å². The van der Waals surface area contributed by atoms with E-state index in [2.05, 4.69) is 28.8 Å². The number of aliphatic imine (C=N–C) groups is 1. The molecule has 20 heavy (non-hydrogen) atoms.